The molecule has 1 N–H and O–H groups in total. The van der Waals surface area contributed by atoms with Crippen molar-refractivity contribution in [3.63, 3.8) is 0 Å². The van der Waals surface area contributed by atoms with Crippen LogP contribution in [0.3, 0.4) is 0 Å². The summed E-state index contributed by atoms with van der Waals surface area (Å²) in [5, 5.41) is 14.6. The van der Waals surface area contributed by atoms with E-state index < -0.39 is 14.9 Å². The van der Waals surface area contributed by atoms with Crippen molar-refractivity contribution < 1.29 is 22.2 Å². The predicted molar refractivity (Wildman–Crippen MR) is 115 cm³/mol. The van der Waals surface area contributed by atoms with Gasteiger partial charge in [0.15, 0.2) is 11.7 Å². The van der Waals surface area contributed by atoms with E-state index in [4.69, 9.17) is 8.83 Å². The van der Waals surface area contributed by atoms with E-state index in [1.54, 1.807) is 43.3 Å². The van der Waals surface area contributed by atoms with Gasteiger partial charge in [-0.2, -0.15) is 18.4 Å². The largest absolute Gasteiger partial charge is 0.463 e. The third-order valence-corrected chi connectivity index (χ3v) is 5.66. The van der Waals surface area contributed by atoms with Crippen LogP contribution in [0.1, 0.15) is 11.7 Å². The minimum Gasteiger partial charge on any atom is -0.463 e. The molecule has 162 valence electrons. The average Bonchev–Trinajstić information content (AvgIpc) is 3.43. The highest BCUT2D eigenvalue weighted by molar-refractivity contribution is 7.89. The number of non-ortho nitro benzene ring substituents is 1. The number of hydrazone groups is 1. The Morgan fingerprint density at radius 3 is 2.38 bits per heavy atom. The van der Waals surface area contributed by atoms with Crippen molar-refractivity contribution in [1.29, 1.82) is 0 Å². The zero-order chi connectivity index (χ0) is 22.7. The van der Waals surface area contributed by atoms with E-state index in [1.807, 2.05) is 0 Å². The minimum absolute atomic E-state index is 0.00921. The SMILES string of the molecule is Cc1nc(-c2ccc(S(=O)(=O)N/N=C/c3ccco3)cc2)c(-c2ccc([N+](=O)[O-])cc2)o1. The predicted octanol–water partition coefficient (Wildman–Crippen LogP) is 4.13. The highest BCUT2D eigenvalue weighted by atomic mass is 32.2. The van der Waals surface area contributed by atoms with Crippen LogP contribution >= 0.6 is 0 Å². The lowest BCUT2D eigenvalue weighted by Gasteiger charge is -2.05. The summed E-state index contributed by atoms with van der Waals surface area (Å²) in [6.45, 7) is 1.68. The van der Waals surface area contributed by atoms with Gasteiger partial charge in [0.05, 0.1) is 22.3 Å². The normalized spacial score (nSPS) is 11.7. The lowest BCUT2D eigenvalue weighted by molar-refractivity contribution is -0.384. The van der Waals surface area contributed by atoms with E-state index in [2.05, 4.69) is 14.9 Å². The van der Waals surface area contributed by atoms with E-state index in [-0.39, 0.29) is 10.6 Å². The Morgan fingerprint density at radius 1 is 1.06 bits per heavy atom. The monoisotopic (exact) mass is 452 g/mol. The van der Waals surface area contributed by atoms with Gasteiger partial charge in [0.2, 0.25) is 0 Å². The second kappa shape index (κ2) is 8.47. The number of aromatic nitrogens is 1. The number of oxazole rings is 1. The number of aryl methyl sites for hydroxylation is 1. The average molecular weight is 452 g/mol. The summed E-state index contributed by atoms with van der Waals surface area (Å²) in [5.41, 5.74) is 1.68. The number of nitrogens with zero attached hydrogens (tertiary/aromatic N) is 3. The van der Waals surface area contributed by atoms with Gasteiger partial charge in [-0.05, 0) is 36.4 Å². The fourth-order valence-corrected chi connectivity index (χ4v) is 3.71. The molecule has 2 heterocycles. The highest BCUT2D eigenvalue weighted by Crippen LogP contribution is 2.33. The number of nitro groups is 1. The molecule has 4 rings (SSSR count). The summed E-state index contributed by atoms with van der Waals surface area (Å²) >= 11 is 0. The lowest BCUT2D eigenvalue weighted by atomic mass is 10.1. The molecule has 2 aromatic heterocycles. The van der Waals surface area contributed by atoms with Crippen molar-refractivity contribution in [2.45, 2.75) is 11.8 Å². The van der Waals surface area contributed by atoms with Crippen LogP contribution < -0.4 is 4.83 Å². The maximum absolute atomic E-state index is 12.4. The molecule has 0 radical (unpaired) electrons. The minimum atomic E-state index is -3.88. The Kier molecular flexibility index (Phi) is 5.56. The summed E-state index contributed by atoms with van der Waals surface area (Å²) in [6.07, 6.45) is 2.70. The number of sulfonamides is 1. The van der Waals surface area contributed by atoms with Crippen molar-refractivity contribution in [3.8, 4) is 22.6 Å². The second-order valence-electron chi connectivity index (χ2n) is 6.61. The van der Waals surface area contributed by atoms with Crippen LogP contribution in [0.4, 0.5) is 5.69 Å². The number of nitro benzene ring substituents is 1. The highest BCUT2D eigenvalue weighted by Gasteiger charge is 2.18. The van der Waals surface area contributed by atoms with Gasteiger partial charge in [0, 0.05) is 30.2 Å². The van der Waals surface area contributed by atoms with Gasteiger partial charge in [-0.25, -0.2) is 4.98 Å². The van der Waals surface area contributed by atoms with Crippen molar-refractivity contribution in [2.24, 2.45) is 5.10 Å². The second-order valence-corrected chi connectivity index (χ2v) is 8.27. The van der Waals surface area contributed by atoms with Crippen LogP contribution in [0.2, 0.25) is 0 Å². The molecule has 0 aliphatic rings. The lowest BCUT2D eigenvalue weighted by Crippen LogP contribution is -2.18. The van der Waals surface area contributed by atoms with Crippen LogP contribution in [-0.2, 0) is 10.0 Å². The first kappa shape index (κ1) is 21.0. The number of nitrogens with one attached hydrogen (secondary N) is 1. The van der Waals surface area contributed by atoms with Crippen LogP contribution in [-0.4, -0.2) is 24.5 Å². The maximum atomic E-state index is 12.4. The summed E-state index contributed by atoms with van der Waals surface area (Å²) in [6, 6.07) is 15.2. The van der Waals surface area contributed by atoms with E-state index in [0.717, 1.165) is 0 Å². The first-order valence-corrected chi connectivity index (χ1v) is 10.7. The molecule has 0 saturated carbocycles. The van der Waals surface area contributed by atoms with Gasteiger partial charge < -0.3 is 8.83 Å². The summed E-state index contributed by atoms with van der Waals surface area (Å²) < 4.78 is 35.6. The van der Waals surface area contributed by atoms with Gasteiger partial charge in [-0.1, -0.05) is 12.1 Å². The Morgan fingerprint density at radius 2 is 1.75 bits per heavy atom. The molecule has 0 amide bonds. The molecule has 0 aliphatic carbocycles. The molecule has 0 saturated heterocycles. The topological polar surface area (TPSA) is 141 Å². The number of hydrogen-bond acceptors (Lipinski definition) is 8. The maximum Gasteiger partial charge on any atom is 0.276 e. The van der Waals surface area contributed by atoms with E-state index in [0.29, 0.717) is 34.2 Å². The Labute approximate surface area is 182 Å². The third kappa shape index (κ3) is 4.42. The van der Waals surface area contributed by atoms with Crippen LogP contribution in [0.25, 0.3) is 22.6 Å². The van der Waals surface area contributed by atoms with Crippen LogP contribution in [0, 0.1) is 17.0 Å². The molecule has 11 heteroatoms. The van der Waals surface area contributed by atoms with Crippen molar-refractivity contribution in [3.05, 3.63) is 88.7 Å². The molecule has 32 heavy (non-hydrogen) atoms. The number of furan rings is 1. The van der Waals surface area contributed by atoms with E-state index in [9.17, 15) is 18.5 Å². The van der Waals surface area contributed by atoms with Crippen molar-refractivity contribution in [2.75, 3.05) is 0 Å². The number of rotatable bonds is 7. The molecule has 0 spiro atoms. The molecule has 0 bridgehead atoms. The number of hydrogen-bond donors (Lipinski definition) is 1. The van der Waals surface area contributed by atoms with Crippen molar-refractivity contribution >= 4 is 21.9 Å². The van der Waals surface area contributed by atoms with E-state index in [1.165, 1.54) is 36.7 Å². The first-order chi connectivity index (χ1) is 15.3. The Balaban J connectivity index is 1.59. The van der Waals surface area contributed by atoms with Gasteiger partial charge >= 0.3 is 0 Å². The molecule has 0 atom stereocenters. The standard InChI is InChI=1S/C21H16N4O6S/c1-14-23-20(21(31-14)16-4-8-17(9-5-16)25(26)27)15-6-10-19(11-7-15)32(28,29)24-22-13-18-3-2-12-30-18/h2-13,24H,1H3/b22-13+. The van der Waals surface area contributed by atoms with Crippen LogP contribution in [0.15, 0.2) is 85.8 Å². The smallest absolute Gasteiger partial charge is 0.276 e. The van der Waals surface area contributed by atoms with Gasteiger partial charge in [-0.15, -0.1) is 0 Å². The summed E-state index contributed by atoms with van der Waals surface area (Å²) in [4.78, 5) is 16.9. The Bertz CT molecular complexity index is 1370. The fourth-order valence-electron chi connectivity index (χ4n) is 2.92. The first-order valence-electron chi connectivity index (χ1n) is 9.24. The molecule has 10 nitrogen and oxygen atoms in total. The molecule has 4 aromatic rings. The molecular formula is C21H16N4O6S. The number of benzene rings is 2. The molecule has 0 fully saturated rings. The van der Waals surface area contributed by atoms with Crippen LogP contribution in [0.5, 0.6) is 0 Å². The molecule has 0 unspecified atom stereocenters. The van der Waals surface area contributed by atoms with Gasteiger partial charge in [0.25, 0.3) is 15.7 Å². The Hall–Kier alpha value is -4.25. The quantitative estimate of drug-likeness (QED) is 0.252. The van der Waals surface area contributed by atoms with Gasteiger partial charge in [0.1, 0.15) is 11.5 Å². The zero-order valence-electron chi connectivity index (χ0n) is 16.6. The van der Waals surface area contributed by atoms with Gasteiger partial charge in [-0.3, -0.25) is 10.1 Å². The molecule has 2 aromatic carbocycles. The fraction of sp³-hybridized carbons (Fsp3) is 0.0476. The summed E-state index contributed by atoms with van der Waals surface area (Å²) in [5.74, 6) is 1.23. The molecular weight excluding hydrogens is 436 g/mol. The zero-order valence-corrected chi connectivity index (χ0v) is 17.4. The summed E-state index contributed by atoms with van der Waals surface area (Å²) in [7, 11) is -3.88. The molecule has 0 aliphatic heterocycles. The van der Waals surface area contributed by atoms with Crippen molar-refractivity contribution in [1.82, 2.24) is 9.82 Å². The third-order valence-electron chi connectivity index (χ3n) is 4.42. The van der Waals surface area contributed by atoms with E-state index >= 15 is 0 Å².